The van der Waals surface area contributed by atoms with Crippen LogP contribution in [0.2, 0.25) is 0 Å². The van der Waals surface area contributed by atoms with Gasteiger partial charge in [0.2, 0.25) is 0 Å². The zero-order chi connectivity index (χ0) is 15.4. The fourth-order valence-electron chi connectivity index (χ4n) is 3.32. The van der Waals surface area contributed by atoms with E-state index in [1.165, 1.54) is 6.07 Å². The second-order valence-electron chi connectivity index (χ2n) is 6.15. The lowest BCUT2D eigenvalue weighted by atomic mass is 9.88. The zero-order valence-electron chi connectivity index (χ0n) is 13.0. The SMILES string of the molecule is CCC(N)C(c1ccccc1F)N1CCC(C(C)O)CC1. The van der Waals surface area contributed by atoms with Crippen LogP contribution in [0.15, 0.2) is 24.3 Å². The summed E-state index contributed by atoms with van der Waals surface area (Å²) in [6.07, 6.45) is 2.44. The highest BCUT2D eigenvalue weighted by molar-refractivity contribution is 5.23. The van der Waals surface area contributed by atoms with Gasteiger partial charge in [0.25, 0.3) is 0 Å². The standard InChI is InChI=1S/C17H27FN2O/c1-3-16(19)17(14-6-4-5-7-15(14)18)20-10-8-13(9-11-20)12(2)21/h4-7,12-13,16-17,21H,3,8-11,19H2,1-2H3. The Morgan fingerprint density at radius 2 is 1.95 bits per heavy atom. The van der Waals surface area contributed by atoms with Gasteiger partial charge in [-0.25, -0.2) is 4.39 Å². The van der Waals surface area contributed by atoms with Gasteiger partial charge in [0.15, 0.2) is 0 Å². The number of likely N-dealkylation sites (tertiary alicyclic amines) is 1. The molecular formula is C17H27FN2O. The molecule has 1 aliphatic heterocycles. The fourth-order valence-corrected chi connectivity index (χ4v) is 3.32. The summed E-state index contributed by atoms with van der Waals surface area (Å²) in [5, 5.41) is 9.72. The van der Waals surface area contributed by atoms with Crippen LogP contribution < -0.4 is 5.73 Å². The van der Waals surface area contributed by atoms with E-state index in [0.29, 0.717) is 11.5 Å². The van der Waals surface area contributed by atoms with Gasteiger partial charge in [-0.2, -0.15) is 0 Å². The van der Waals surface area contributed by atoms with Gasteiger partial charge < -0.3 is 10.8 Å². The molecular weight excluding hydrogens is 267 g/mol. The molecule has 0 saturated carbocycles. The molecule has 0 aliphatic carbocycles. The number of aliphatic hydroxyl groups excluding tert-OH is 1. The van der Waals surface area contributed by atoms with E-state index < -0.39 is 0 Å². The van der Waals surface area contributed by atoms with Gasteiger partial charge in [-0.3, -0.25) is 4.90 Å². The fraction of sp³-hybridized carbons (Fsp3) is 0.647. The van der Waals surface area contributed by atoms with Gasteiger partial charge >= 0.3 is 0 Å². The molecule has 2 rings (SSSR count). The molecule has 21 heavy (non-hydrogen) atoms. The highest BCUT2D eigenvalue weighted by atomic mass is 19.1. The van der Waals surface area contributed by atoms with E-state index in [9.17, 15) is 9.50 Å². The van der Waals surface area contributed by atoms with Gasteiger partial charge in [-0.05, 0) is 51.3 Å². The molecule has 1 saturated heterocycles. The second-order valence-corrected chi connectivity index (χ2v) is 6.15. The first kappa shape index (κ1) is 16.4. The van der Waals surface area contributed by atoms with E-state index in [-0.39, 0.29) is 24.0 Å². The minimum absolute atomic E-state index is 0.0776. The number of hydrogen-bond donors (Lipinski definition) is 2. The summed E-state index contributed by atoms with van der Waals surface area (Å²) in [5.41, 5.74) is 6.98. The van der Waals surface area contributed by atoms with E-state index in [0.717, 1.165) is 32.4 Å². The van der Waals surface area contributed by atoms with Crippen molar-refractivity contribution >= 4 is 0 Å². The van der Waals surface area contributed by atoms with Crippen LogP contribution in [0.5, 0.6) is 0 Å². The Labute approximate surface area is 126 Å². The number of piperidine rings is 1. The topological polar surface area (TPSA) is 49.5 Å². The van der Waals surface area contributed by atoms with Crippen molar-refractivity contribution in [3.63, 3.8) is 0 Å². The largest absolute Gasteiger partial charge is 0.393 e. The normalized spacial score (nSPS) is 22.0. The molecule has 1 aliphatic rings. The molecule has 118 valence electrons. The molecule has 0 bridgehead atoms. The molecule has 1 fully saturated rings. The minimum Gasteiger partial charge on any atom is -0.393 e. The number of benzene rings is 1. The molecule has 0 radical (unpaired) electrons. The van der Waals surface area contributed by atoms with Crippen molar-refractivity contribution in [2.24, 2.45) is 11.7 Å². The van der Waals surface area contributed by atoms with Crippen LogP contribution in [0.4, 0.5) is 4.39 Å². The summed E-state index contributed by atoms with van der Waals surface area (Å²) in [6, 6.07) is 6.78. The molecule has 0 aromatic heterocycles. The Bertz CT molecular complexity index is 444. The second kappa shape index (κ2) is 7.34. The molecule has 3 N–H and O–H groups in total. The highest BCUT2D eigenvalue weighted by Gasteiger charge is 2.32. The molecule has 1 aromatic carbocycles. The average molecular weight is 294 g/mol. The lowest BCUT2D eigenvalue weighted by Crippen LogP contribution is -2.46. The quantitative estimate of drug-likeness (QED) is 0.878. The van der Waals surface area contributed by atoms with Gasteiger partial charge in [-0.1, -0.05) is 25.1 Å². The molecule has 4 heteroatoms. The third kappa shape index (κ3) is 3.82. The van der Waals surface area contributed by atoms with Crippen molar-refractivity contribution in [2.45, 2.75) is 51.3 Å². The van der Waals surface area contributed by atoms with Crippen LogP contribution >= 0.6 is 0 Å². The molecule has 1 heterocycles. The summed E-state index contributed by atoms with van der Waals surface area (Å²) in [4.78, 5) is 2.28. The van der Waals surface area contributed by atoms with Crippen molar-refractivity contribution < 1.29 is 9.50 Å². The monoisotopic (exact) mass is 294 g/mol. The van der Waals surface area contributed by atoms with Crippen LogP contribution in [0.25, 0.3) is 0 Å². The first-order valence-corrected chi connectivity index (χ1v) is 7.96. The molecule has 3 nitrogen and oxygen atoms in total. The predicted octanol–water partition coefficient (Wildman–Crippen LogP) is 2.70. The van der Waals surface area contributed by atoms with Crippen molar-refractivity contribution in [3.05, 3.63) is 35.6 Å². The smallest absolute Gasteiger partial charge is 0.128 e. The Morgan fingerprint density at radius 1 is 1.33 bits per heavy atom. The lowest BCUT2D eigenvalue weighted by Gasteiger charge is -2.41. The van der Waals surface area contributed by atoms with E-state index in [1.54, 1.807) is 6.07 Å². The van der Waals surface area contributed by atoms with E-state index in [4.69, 9.17) is 5.73 Å². The summed E-state index contributed by atoms with van der Waals surface area (Å²) in [6.45, 7) is 5.62. The van der Waals surface area contributed by atoms with Crippen molar-refractivity contribution in [1.29, 1.82) is 0 Å². The van der Waals surface area contributed by atoms with E-state index in [1.807, 2.05) is 26.0 Å². The summed E-state index contributed by atoms with van der Waals surface area (Å²) in [7, 11) is 0. The third-order valence-corrected chi connectivity index (χ3v) is 4.75. The first-order chi connectivity index (χ1) is 10.0. The Balaban J connectivity index is 2.17. The maximum atomic E-state index is 14.2. The van der Waals surface area contributed by atoms with Crippen LogP contribution in [-0.2, 0) is 0 Å². The van der Waals surface area contributed by atoms with Gasteiger partial charge in [0.05, 0.1) is 12.1 Å². The van der Waals surface area contributed by atoms with Crippen LogP contribution in [0, 0.1) is 11.7 Å². The summed E-state index contributed by atoms with van der Waals surface area (Å²) in [5.74, 6) is 0.171. The highest BCUT2D eigenvalue weighted by Crippen LogP contribution is 2.32. The lowest BCUT2D eigenvalue weighted by molar-refractivity contribution is 0.0487. The van der Waals surface area contributed by atoms with Gasteiger partial charge in [0, 0.05) is 11.6 Å². The Morgan fingerprint density at radius 3 is 2.48 bits per heavy atom. The Kier molecular flexibility index (Phi) is 5.73. The number of hydrogen-bond acceptors (Lipinski definition) is 3. The zero-order valence-corrected chi connectivity index (χ0v) is 13.0. The summed E-state index contributed by atoms with van der Waals surface area (Å²) >= 11 is 0. The van der Waals surface area contributed by atoms with Crippen LogP contribution in [0.3, 0.4) is 0 Å². The number of aliphatic hydroxyl groups is 1. The van der Waals surface area contributed by atoms with Crippen LogP contribution in [-0.4, -0.2) is 35.2 Å². The van der Waals surface area contributed by atoms with Crippen molar-refractivity contribution in [3.8, 4) is 0 Å². The predicted molar refractivity (Wildman–Crippen MR) is 83.4 cm³/mol. The van der Waals surface area contributed by atoms with Crippen molar-refractivity contribution in [1.82, 2.24) is 4.90 Å². The average Bonchev–Trinajstić information content (AvgIpc) is 2.49. The van der Waals surface area contributed by atoms with E-state index >= 15 is 0 Å². The maximum Gasteiger partial charge on any atom is 0.128 e. The van der Waals surface area contributed by atoms with E-state index in [2.05, 4.69) is 4.90 Å². The number of nitrogens with two attached hydrogens (primary N) is 1. The number of nitrogens with zero attached hydrogens (tertiary/aromatic N) is 1. The summed E-state index contributed by atoms with van der Waals surface area (Å²) < 4.78 is 14.2. The van der Waals surface area contributed by atoms with Gasteiger partial charge in [0.1, 0.15) is 5.82 Å². The molecule has 0 amide bonds. The molecule has 3 unspecified atom stereocenters. The third-order valence-electron chi connectivity index (χ3n) is 4.75. The molecule has 0 spiro atoms. The van der Waals surface area contributed by atoms with Gasteiger partial charge in [-0.15, -0.1) is 0 Å². The molecule has 3 atom stereocenters. The maximum absolute atomic E-state index is 14.2. The Hall–Kier alpha value is -0.970. The first-order valence-electron chi connectivity index (χ1n) is 7.96. The number of halogens is 1. The van der Waals surface area contributed by atoms with Crippen LogP contribution in [0.1, 0.15) is 44.7 Å². The minimum atomic E-state index is -0.265. The number of rotatable bonds is 5. The van der Waals surface area contributed by atoms with Crippen molar-refractivity contribution in [2.75, 3.05) is 13.1 Å². The molecule has 1 aromatic rings.